The van der Waals surface area contributed by atoms with Crippen LogP contribution in [0.15, 0.2) is 42.5 Å². The highest BCUT2D eigenvalue weighted by Crippen LogP contribution is 2.35. The summed E-state index contributed by atoms with van der Waals surface area (Å²) in [5.41, 5.74) is 0.186. The van der Waals surface area contributed by atoms with E-state index in [1.54, 1.807) is 24.3 Å². The predicted molar refractivity (Wildman–Crippen MR) is 103 cm³/mol. The van der Waals surface area contributed by atoms with Crippen LogP contribution in [0.2, 0.25) is 0 Å². The van der Waals surface area contributed by atoms with Crippen molar-refractivity contribution in [3.63, 3.8) is 0 Å². The van der Waals surface area contributed by atoms with Crippen LogP contribution in [0.5, 0.6) is 0 Å². The van der Waals surface area contributed by atoms with E-state index < -0.39 is 35.3 Å². The Labute approximate surface area is 171 Å². The standard InChI is InChI=1S/C23H22F6O/c1-2-3-14-4-9-21(30-13-14)16-7-5-15(6-8-16)17-10-18(24)22(19(25)11-17)20(26)12-23(27,28)29/h5-8,10-12,14,21H,2-4,9,13H2,1H3. The predicted octanol–water partition coefficient (Wildman–Crippen LogP) is 7.77. The van der Waals surface area contributed by atoms with E-state index in [1.165, 1.54) is 0 Å². The van der Waals surface area contributed by atoms with Gasteiger partial charge in [-0.3, -0.25) is 0 Å². The van der Waals surface area contributed by atoms with Crippen LogP contribution in [0.1, 0.15) is 49.8 Å². The topological polar surface area (TPSA) is 9.23 Å². The molecule has 7 heteroatoms. The zero-order valence-corrected chi connectivity index (χ0v) is 16.4. The van der Waals surface area contributed by atoms with E-state index >= 15 is 0 Å². The molecule has 2 aromatic rings. The Bertz CT molecular complexity index is 870. The minimum atomic E-state index is -5.02. The summed E-state index contributed by atoms with van der Waals surface area (Å²) in [7, 11) is 0. The maximum absolute atomic E-state index is 14.2. The lowest BCUT2D eigenvalue weighted by Crippen LogP contribution is -2.20. The fourth-order valence-corrected chi connectivity index (χ4v) is 3.78. The summed E-state index contributed by atoms with van der Waals surface area (Å²) in [5.74, 6) is -4.23. The first kappa shape index (κ1) is 22.4. The quantitative estimate of drug-likeness (QED) is 0.442. The van der Waals surface area contributed by atoms with Crippen LogP contribution in [0.3, 0.4) is 0 Å². The molecule has 1 nitrogen and oxygen atoms in total. The van der Waals surface area contributed by atoms with Crippen molar-refractivity contribution in [1.82, 2.24) is 0 Å². The van der Waals surface area contributed by atoms with Crippen LogP contribution < -0.4 is 0 Å². The highest BCUT2D eigenvalue weighted by Gasteiger charge is 2.28. The van der Waals surface area contributed by atoms with Crippen LogP contribution in [-0.2, 0) is 4.74 Å². The van der Waals surface area contributed by atoms with E-state index in [2.05, 4.69) is 6.92 Å². The molecule has 0 saturated carbocycles. The van der Waals surface area contributed by atoms with Crippen molar-refractivity contribution in [3.05, 3.63) is 65.2 Å². The molecule has 0 N–H and O–H groups in total. The highest BCUT2D eigenvalue weighted by molar-refractivity contribution is 5.69. The zero-order valence-electron chi connectivity index (χ0n) is 16.4. The van der Waals surface area contributed by atoms with E-state index in [0.29, 0.717) is 18.1 Å². The summed E-state index contributed by atoms with van der Waals surface area (Å²) in [4.78, 5) is 0. The number of hydrogen-bond acceptors (Lipinski definition) is 1. The van der Waals surface area contributed by atoms with E-state index in [4.69, 9.17) is 4.74 Å². The molecule has 0 spiro atoms. The molecule has 1 heterocycles. The maximum Gasteiger partial charge on any atom is 0.412 e. The number of alkyl halides is 3. The molecular formula is C23H22F6O. The van der Waals surface area contributed by atoms with Gasteiger partial charge in [0.15, 0.2) is 0 Å². The van der Waals surface area contributed by atoms with Crippen molar-refractivity contribution in [3.8, 4) is 11.1 Å². The van der Waals surface area contributed by atoms with Gasteiger partial charge in [-0.2, -0.15) is 13.2 Å². The number of rotatable bonds is 5. The van der Waals surface area contributed by atoms with Gasteiger partial charge in [0.1, 0.15) is 17.5 Å². The van der Waals surface area contributed by atoms with Gasteiger partial charge in [0.25, 0.3) is 0 Å². The fourth-order valence-electron chi connectivity index (χ4n) is 3.78. The molecule has 3 rings (SSSR count). The summed E-state index contributed by atoms with van der Waals surface area (Å²) >= 11 is 0. The lowest BCUT2D eigenvalue weighted by molar-refractivity contribution is -0.0798. The molecule has 2 aromatic carbocycles. The third-order valence-electron chi connectivity index (χ3n) is 5.25. The third kappa shape index (κ3) is 5.45. The van der Waals surface area contributed by atoms with Crippen LogP contribution in [-0.4, -0.2) is 12.8 Å². The molecule has 2 atom stereocenters. The number of allylic oxidation sites excluding steroid dienone is 1. The smallest absolute Gasteiger partial charge is 0.373 e. The molecule has 0 radical (unpaired) electrons. The van der Waals surface area contributed by atoms with Crippen molar-refractivity contribution in [2.24, 2.45) is 5.92 Å². The Morgan fingerprint density at radius 2 is 1.67 bits per heavy atom. The molecular weight excluding hydrogens is 406 g/mol. The van der Waals surface area contributed by atoms with Crippen LogP contribution in [0, 0.1) is 17.6 Å². The molecule has 1 saturated heterocycles. The number of hydrogen-bond donors (Lipinski definition) is 0. The minimum absolute atomic E-state index is 0.0374. The highest BCUT2D eigenvalue weighted by atomic mass is 19.4. The van der Waals surface area contributed by atoms with Crippen LogP contribution in [0.4, 0.5) is 26.3 Å². The zero-order chi connectivity index (χ0) is 21.9. The van der Waals surface area contributed by atoms with Crippen molar-refractivity contribution in [1.29, 1.82) is 0 Å². The Hall–Kier alpha value is -2.28. The summed E-state index contributed by atoms with van der Waals surface area (Å²) in [6.45, 7) is 2.85. The van der Waals surface area contributed by atoms with Gasteiger partial charge in [0, 0.05) is 0 Å². The normalized spacial score (nSPS) is 20.4. The maximum atomic E-state index is 14.2. The Morgan fingerprint density at radius 1 is 1.03 bits per heavy atom. The van der Waals surface area contributed by atoms with Gasteiger partial charge in [-0.05, 0) is 54.0 Å². The summed E-state index contributed by atoms with van der Waals surface area (Å²) in [6.07, 6.45) is -1.59. The van der Waals surface area contributed by atoms with Gasteiger partial charge in [0.05, 0.1) is 24.4 Å². The van der Waals surface area contributed by atoms with Crippen molar-refractivity contribution < 1.29 is 31.1 Å². The number of halogens is 6. The van der Waals surface area contributed by atoms with Crippen LogP contribution in [0.25, 0.3) is 17.0 Å². The Balaban J connectivity index is 1.78. The van der Waals surface area contributed by atoms with Gasteiger partial charge in [-0.25, -0.2) is 13.2 Å². The van der Waals surface area contributed by atoms with E-state index in [1.807, 2.05) is 0 Å². The second-order valence-corrected chi connectivity index (χ2v) is 7.52. The van der Waals surface area contributed by atoms with Crippen LogP contribution >= 0.6 is 0 Å². The van der Waals surface area contributed by atoms with E-state index in [9.17, 15) is 26.3 Å². The molecule has 0 bridgehead atoms. The molecule has 1 fully saturated rings. The molecule has 0 aliphatic carbocycles. The first-order valence-corrected chi connectivity index (χ1v) is 9.84. The Kier molecular flexibility index (Phi) is 6.91. The van der Waals surface area contributed by atoms with Gasteiger partial charge in [-0.15, -0.1) is 0 Å². The molecule has 0 aromatic heterocycles. The first-order valence-electron chi connectivity index (χ1n) is 9.84. The lowest BCUT2D eigenvalue weighted by Gasteiger charge is -2.29. The fraction of sp³-hybridized carbons (Fsp3) is 0.391. The van der Waals surface area contributed by atoms with Gasteiger partial charge < -0.3 is 4.74 Å². The van der Waals surface area contributed by atoms with Gasteiger partial charge in [0.2, 0.25) is 0 Å². The Morgan fingerprint density at radius 3 is 2.17 bits per heavy atom. The third-order valence-corrected chi connectivity index (χ3v) is 5.25. The number of benzene rings is 2. The van der Waals surface area contributed by atoms with Gasteiger partial charge in [-0.1, -0.05) is 37.6 Å². The second-order valence-electron chi connectivity index (χ2n) is 7.52. The van der Waals surface area contributed by atoms with Crippen molar-refractivity contribution in [2.45, 2.75) is 44.9 Å². The lowest BCUT2D eigenvalue weighted by atomic mass is 9.91. The first-order chi connectivity index (χ1) is 14.2. The monoisotopic (exact) mass is 428 g/mol. The summed E-state index contributed by atoms with van der Waals surface area (Å²) in [5, 5.41) is 0. The minimum Gasteiger partial charge on any atom is -0.373 e. The van der Waals surface area contributed by atoms with Crippen molar-refractivity contribution >= 4 is 5.83 Å². The molecule has 30 heavy (non-hydrogen) atoms. The van der Waals surface area contributed by atoms with Crippen molar-refractivity contribution in [2.75, 3.05) is 6.61 Å². The largest absolute Gasteiger partial charge is 0.412 e. The molecule has 2 unspecified atom stereocenters. The van der Waals surface area contributed by atoms with E-state index in [0.717, 1.165) is 43.4 Å². The van der Waals surface area contributed by atoms with E-state index in [-0.39, 0.29) is 11.7 Å². The van der Waals surface area contributed by atoms with Gasteiger partial charge >= 0.3 is 6.18 Å². The second kappa shape index (κ2) is 9.25. The SMILES string of the molecule is CCCC1CCC(c2ccc(-c3cc(F)c(C(F)=CC(F)(F)F)c(F)c3)cc2)OC1. The number of ether oxygens (including phenoxy) is 1. The average Bonchev–Trinajstić information content (AvgIpc) is 2.67. The summed E-state index contributed by atoms with van der Waals surface area (Å²) < 4.78 is 84.8. The molecule has 0 amide bonds. The molecule has 1 aliphatic rings. The molecule has 1 aliphatic heterocycles. The molecule has 162 valence electrons. The average molecular weight is 428 g/mol. The summed E-state index contributed by atoms with van der Waals surface area (Å²) in [6, 6.07) is 8.56.